The predicted octanol–water partition coefficient (Wildman–Crippen LogP) is 1.22. The van der Waals surface area contributed by atoms with Gasteiger partial charge in [0.1, 0.15) is 17.8 Å². The Morgan fingerprint density at radius 3 is 3.29 bits per heavy atom. The van der Waals surface area contributed by atoms with Gasteiger partial charge in [0.15, 0.2) is 5.65 Å². The summed E-state index contributed by atoms with van der Waals surface area (Å²) in [5.74, 6) is 1.48. The summed E-state index contributed by atoms with van der Waals surface area (Å²) in [6.45, 7) is 2.30. The highest BCUT2D eigenvalue weighted by Crippen LogP contribution is 2.55. The van der Waals surface area contributed by atoms with Crippen molar-refractivity contribution in [3.8, 4) is 0 Å². The first kappa shape index (κ1) is 16.4. The molecule has 28 heavy (non-hydrogen) atoms. The third-order valence-corrected chi connectivity index (χ3v) is 7.06. The molecule has 9 nitrogen and oxygen atoms in total. The summed E-state index contributed by atoms with van der Waals surface area (Å²) in [5.41, 5.74) is 2.77. The summed E-state index contributed by atoms with van der Waals surface area (Å²) in [4.78, 5) is 27.5. The average Bonchev–Trinajstić information content (AvgIpc) is 3.51. The number of hydrogen-bond donors (Lipinski definition) is 2. The highest BCUT2D eigenvalue weighted by Gasteiger charge is 2.63. The molecular formula is C18H19N7O2S. The minimum atomic E-state index is -0.137. The Bertz CT molecular complexity index is 1040. The van der Waals surface area contributed by atoms with Crippen molar-refractivity contribution >= 4 is 34.1 Å². The van der Waals surface area contributed by atoms with Crippen LogP contribution in [0.1, 0.15) is 23.3 Å². The van der Waals surface area contributed by atoms with Crippen LogP contribution in [0.15, 0.2) is 23.4 Å². The van der Waals surface area contributed by atoms with Crippen LogP contribution in [0.4, 0.5) is 5.82 Å². The summed E-state index contributed by atoms with van der Waals surface area (Å²) in [6.07, 6.45) is 5.69. The molecule has 0 aliphatic carbocycles. The molecule has 0 aromatic carbocycles. The number of H-pyrrole nitrogens is 1. The number of anilines is 1. The van der Waals surface area contributed by atoms with E-state index in [9.17, 15) is 4.79 Å². The van der Waals surface area contributed by atoms with Crippen LogP contribution in [-0.4, -0.2) is 62.4 Å². The molecule has 4 atom stereocenters. The van der Waals surface area contributed by atoms with E-state index in [-0.39, 0.29) is 17.6 Å². The molecule has 0 saturated carbocycles. The van der Waals surface area contributed by atoms with E-state index >= 15 is 0 Å². The summed E-state index contributed by atoms with van der Waals surface area (Å²) in [7, 11) is 0. The van der Waals surface area contributed by atoms with Gasteiger partial charge in [-0.1, -0.05) is 0 Å². The number of ether oxygens (including phenoxy) is 1. The molecule has 3 fully saturated rings. The van der Waals surface area contributed by atoms with Crippen molar-refractivity contribution in [2.24, 2.45) is 11.8 Å². The Morgan fingerprint density at radius 1 is 1.43 bits per heavy atom. The van der Waals surface area contributed by atoms with Gasteiger partial charge in [0, 0.05) is 36.9 Å². The summed E-state index contributed by atoms with van der Waals surface area (Å²) in [5, 5.41) is 12.8. The van der Waals surface area contributed by atoms with Crippen molar-refractivity contribution < 1.29 is 9.53 Å². The van der Waals surface area contributed by atoms with E-state index in [0.29, 0.717) is 24.1 Å². The van der Waals surface area contributed by atoms with Gasteiger partial charge in [0.05, 0.1) is 28.8 Å². The molecule has 10 heteroatoms. The Kier molecular flexibility index (Phi) is 3.48. The number of nitrogens with one attached hydrogen (secondary N) is 2. The topological polar surface area (TPSA) is 109 Å². The minimum Gasteiger partial charge on any atom is -0.369 e. The van der Waals surface area contributed by atoms with Gasteiger partial charge in [0.25, 0.3) is 5.91 Å². The van der Waals surface area contributed by atoms with Crippen LogP contribution >= 0.6 is 11.3 Å². The fourth-order valence-electron chi connectivity index (χ4n) is 5.25. The number of carbonyl (C=O) groups is 1. The van der Waals surface area contributed by atoms with Crippen molar-refractivity contribution in [2.75, 3.05) is 24.5 Å². The molecule has 0 radical (unpaired) electrons. The number of amides is 1. The summed E-state index contributed by atoms with van der Waals surface area (Å²) < 4.78 is 6.49. The number of fused-ring (bicyclic) bond motifs is 2. The van der Waals surface area contributed by atoms with E-state index in [2.05, 4.69) is 35.4 Å². The van der Waals surface area contributed by atoms with E-state index < -0.39 is 0 Å². The molecule has 0 unspecified atom stereocenters. The molecule has 2 N–H and O–H groups in total. The second kappa shape index (κ2) is 5.95. The van der Waals surface area contributed by atoms with Crippen LogP contribution < -0.4 is 10.2 Å². The van der Waals surface area contributed by atoms with Crippen molar-refractivity contribution in [2.45, 2.75) is 24.5 Å². The fraction of sp³-hybridized carbons (Fsp3) is 0.500. The zero-order chi connectivity index (χ0) is 18.7. The van der Waals surface area contributed by atoms with E-state index in [1.807, 2.05) is 0 Å². The maximum Gasteiger partial charge on any atom is 0.270 e. The second-order valence-electron chi connectivity index (χ2n) is 7.82. The maximum absolute atomic E-state index is 12.3. The van der Waals surface area contributed by atoms with E-state index in [1.165, 1.54) is 11.3 Å². The first-order chi connectivity index (χ1) is 13.7. The Labute approximate surface area is 164 Å². The minimum absolute atomic E-state index is 0.108. The van der Waals surface area contributed by atoms with E-state index in [0.717, 1.165) is 42.8 Å². The number of carbonyl (C=O) groups excluding carboxylic acids is 1. The number of rotatable bonds is 4. The maximum atomic E-state index is 12.3. The predicted molar refractivity (Wildman–Crippen MR) is 102 cm³/mol. The van der Waals surface area contributed by atoms with Crippen LogP contribution in [0.5, 0.6) is 0 Å². The van der Waals surface area contributed by atoms with Gasteiger partial charge in [-0.05, 0) is 12.8 Å². The zero-order valence-corrected chi connectivity index (χ0v) is 15.9. The van der Waals surface area contributed by atoms with Crippen LogP contribution in [0.2, 0.25) is 0 Å². The van der Waals surface area contributed by atoms with Crippen LogP contribution in [0.3, 0.4) is 0 Å². The lowest BCUT2D eigenvalue weighted by molar-refractivity contribution is 0.0141. The average molecular weight is 397 g/mol. The quantitative estimate of drug-likeness (QED) is 0.681. The number of nitrogens with zero attached hydrogens (tertiary/aromatic N) is 5. The number of hydrogen-bond acceptors (Lipinski definition) is 8. The van der Waals surface area contributed by atoms with Gasteiger partial charge in [-0.2, -0.15) is 5.10 Å². The number of thiazole rings is 1. The Hall–Kier alpha value is -2.59. The molecule has 144 valence electrons. The highest BCUT2D eigenvalue weighted by atomic mass is 32.1. The normalized spacial score (nSPS) is 30.9. The molecule has 3 aliphatic heterocycles. The smallest absolute Gasteiger partial charge is 0.270 e. The zero-order valence-electron chi connectivity index (χ0n) is 15.0. The molecule has 1 amide bonds. The largest absolute Gasteiger partial charge is 0.369 e. The molecular weight excluding hydrogens is 378 g/mol. The number of aromatic amines is 1. The van der Waals surface area contributed by atoms with Crippen LogP contribution in [-0.2, 0) is 4.74 Å². The molecule has 2 bridgehead atoms. The van der Waals surface area contributed by atoms with Gasteiger partial charge < -0.3 is 15.0 Å². The van der Waals surface area contributed by atoms with Gasteiger partial charge >= 0.3 is 0 Å². The van der Waals surface area contributed by atoms with Crippen molar-refractivity contribution in [3.63, 3.8) is 0 Å². The molecule has 3 aliphatic rings. The Morgan fingerprint density at radius 2 is 2.39 bits per heavy atom. The monoisotopic (exact) mass is 397 g/mol. The van der Waals surface area contributed by atoms with Gasteiger partial charge in [-0.15, -0.1) is 11.3 Å². The lowest BCUT2D eigenvalue weighted by atomic mass is 9.73. The SMILES string of the molecule is O=C(NC[C@H]1[C@H]2CN(c3ncnc4[nH]ncc34)C[C@]23CC[C@H]1O3)c1cscn1. The van der Waals surface area contributed by atoms with Crippen molar-refractivity contribution in [1.82, 2.24) is 30.5 Å². The van der Waals surface area contributed by atoms with Crippen molar-refractivity contribution in [1.29, 1.82) is 0 Å². The van der Waals surface area contributed by atoms with E-state index in [1.54, 1.807) is 23.4 Å². The Balaban J connectivity index is 1.23. The van der Waals surface area contributed by atoms with Gasteiger partial charge in [-0.3, -0.25) is 9.89 Å². The third-order valence-electron chi connectivity index (χ3n) is 6.47. The molecule has 6 rings (SSSR count). The second-order valence-corrected chi connectivity index (χ2v) is 8.54. The first-order valence-corrected chi connectivity index (χ1v) is 10.4. The van der Waals surface area contributed by atoms with Gasteiger partial charge in [-0.25, -0.2) is 15.0 Å². The summed E-state index contributed by atoms with van der Waals surface area (Å²) in [6, 6.07) is 0. The summed E-state index contributed by atoms with van der Waals surface area (Å²) >= 11 is 1.43. The molecule has 6 heterocycles. The van der Waals surface area contributed by atoms with E-state index in [4.69, 9.17) is 4.74 Å². The lowest BCUT2D eigenvalue weighted by Gasteiger charge is -2.29. The highest BCUT2D eigenvalue weighted by molar-refractivity contribution is 7.07. The molecule has 3 aromatic heterocycles. The fourth-order valence-corrected chi connectivity index (χ4v) is 5.79. The lowest BCUT2D eigenvalue weighted by Crippen LogP contribution is -2.42. The van der Waals surface area contributed by atoms with Gasteiger partial charge in [0.2, 0.25) is 0 Å². The number of aromatic nitrogens is 5. The molecule has 3 aromatic rings. The third kappa shape index (κ3) is 2.31. The van der Waals surface area contributed by atoms with Crippen LogP contribution in [0.25, 0.3) is 11.0 Å². The molecule has 3 saturated heterocycles. The molecule has 1 spiro atoms. The first-order valence-electron chi connectivity index (χ1n) is 9.47. The van der Waals surface area contributed by atoms with Crippen LogP contribution in [0, 0.1) is 11.8 Å². The van der Waals surface area contributed by atoms with Crippen molar-refractivity contribution in [3.05, 3.63) is 29.1 Å². The standard InChI is InChI=1S/C18H19N7O2S/c26-17(13-6-28-9-22-13)19-3-10-12-5-25(7-18(12)2-1-14(10)27-18)16-11-4-23-24-15(11)20-8-21-16/h4,6,8-10,12,14H,1-3,5,7H2,(H,19,26)(H,20,21,23,24)/t10-,12+,14+,18+/m0/s1.